The van der Waals surface area contributed by atoms with Crippen molar-refractivity contribution in [3.05, 3.63) is 179 Å². The molecule has 6 atom stereocenters. The van der Waals surface area contributed by atoms with Gasteiger partial charge in [0.1, 0.15) is 0 Å². The zero-order chi connectivity index (χ0) is 44.3. The van der Waals surface area contributed by atoms with Crippen molar-refractivity contribution in [3.8, 4) is 33.4 Å². The molecule has 0 aromatic heterocycles. The molecule has 0 amide bonds. The molecule has 3 aliphatic carbocycles. The number of nitrogens with zero attached hydrogens (tertiary/aromatic N) is 6. The normalized spacial score (nSPS) is 23.3. The smallest absolute Gasteiger partial charge is 0.0723 e. The van der Waals surface area contributed by atoms with Crippen molar-refractivity contribution in [2.24, 2.45) is 30.0 Å². The summed E-state index contributed by atoms with van der Waals surface area (Å²) in [4.78, 5) is 30.6. The van der Waals surface area contributed by atoms with Gasteiger partial charge in [-0.25, -0.2) is 0 Å². The van der Waals surface area contributed by atoms with Crippen LogP contribution in [-0.4, -0.2) is 73.5 Å². The van der Waals surface area contributed by atoms with Crippen molar-refractivity contribution >= 4 is 37.3 Å². The van der Waals surface area contributed by atoms with E-state index in [0.29, 0.717) is 0 Å². The van der Waals surface area contributed by atoms with E-state index in [1.54, 1.807) is 0 Å². The maximum atomic E-state index is 5.10. The number of rotatable bonds is 0. The van der Waals surface area contributed by atoms with Crippen LogP contribution in [0.2, 0.25) is 0 Å². The zero-order valence-electron chi connectivity index (χ0n) is 38.0. The second-order valence-corrected chi connectivity index (χ2v) is 18.7. The first-order valence-corrected chi connectivity index (χ1v) is 24.5. The summed E-state index contributed by atoms with van der Waals surface area (Å²) < 4.78 is 0. The minimum absolute atomic E-state index is 0.192. The second kappa shape index (κ2) is 21.1. The summed E-state index contributed by atoms with van der Waals surface area (Å²) in [6.45, 7) is 0. The van der Waals surface area contributed by atoms with Gasteiger partial charge in [0.2, 0.25) is 0 Å². The van der Waals surface area contributed by atoms with Crippen LogP contribution in [-0.2, 0) is 0 Å². The summed E-state index contributed by atoms with van der Waals surface area (Å²) in [5, 5.41) is 0. The standard InChI is InChI=1S/C60H60N6/c1-2-8-56-55(7-1)61-37-43-13-25-49(26-14-43)51-29-17-45(18-30-51)39-63-57-9-3-4-10-58(57)65-41-47-21-33-53(34-22-47)54-35-23-48(24-36-54)42-66-60-12-6-5-11-59(60)64-40-46-19-31-52(32-20-46)50-27-15-44(16-28-50)38-62-56/h13-42,55-60H,1-12H2/t55-,56-,57-,58-,59-,60-/m1/s1. The Labute approximate surface area is 391 Å². The fourth-order valence-electron chi connectivity index (χ4n) is 9.98. The zero-order valence-corrected chi connectivity index (χ0v) is 38.0. The minimum Gasteiger partial charge on any atom is -0.287 e. The highest BCUT2D eigenvalue weighted by Crippen LogP contribution is 2.29. The van der Waals surface area contributed by atoms with Gasteiger partial charge >= 0.3 is 0 Å². The quantitative estimate of drug-likeness (QED) is 0.146. The Morgan fingerprint density at radius 3 is 0.470 bits per heavy atom. The van der Waals surface area contributed by atoms with E-state index >= 15 is 0 Å². The van der Waals surface area contributed by atoms with E-state index < -0.39 is 0 Å². The first-order chi connectivity index (χ1) is 32.6. The first-order valence-electron chi connectivity index (χ1n) is 24.5. The predicted octanol–water partition coefficient (Wildman–Crippen LogP) is 13.5. The van der Waals surface area contributed by atoms with Gasteiger partial charge in [0.25, 0.3) is 0 Å². The molecule has 6 nitrogen and oxygen atoms in total. The van der Waals surface area contributed by atoms with Crippen LogP contribution in [0.3, 0.4) is 0 Å². The molecule has 0 N–H and O–H groups in total. The molecule has 6 aromatic rings. The molecule has 0 spiro atoms. The van der Waals surface area contributed by atoms with Gasteiger partial charge in [0.15, 0.2) is 0 Å². The first kappa shape index (κ1) is 43.2. The molecule has 0 unspecified atom stereocenters. The average Bonchev–Trinajstić information content (AvgIpc) is 3.38. The Morgan fingerprint density at radius 1 is 0.197 bits per heavy atom. The predicted molar refractivity (Wildman–Crippen MR) is 279 cm³/mol. The highest BCUT2D eigenvalue weighted by molar-refractivity contribution is 5.86. The summed E-state index contributed by atoms with van der Waals surface area (Å²) in [6, 6.07) is 53.7. The van der Waals surface area contributed by atoms with Crippen LogP contribution >= 0.6 is 0 Å². The molecule has 7 aliphatic heterocycles. The van der Waals surface area contributed by atoms with Crippen LogP contribution in [0.25, 0.3) is 33.4 Å². The van der Waals surface area contributed by atoms with Crippen LogP contribution in [0.4, 0.5) is 0 Å². The Morgan fingerprint density at radius 2 is 0.333 bits per heavy atom. The van der Waals surface area contributed by atoms with E-state index in [0.717, 1.165) is 71.9 Å². The molecule has 10 aliphatic rings. The van der Waals surface area contributed by atoms with Gasteiger partial charge in [0, 0.05) is 37.3 Å². The third-order valence-electron chi connectivity index (χ3n) is 14.0. The van der Waals surface area contributed by atoms with E-state index in [9.17, 15) is 0 Å². The van der Waals surface area contributed by atoms with Crippen LogP contribution in [0.1, 0.15) is 110 Å². The molecule has 12 bridgehead atoms. The topological polar surface area (TPSA) is 74.2 Å². The summed E-state index contributed by atoms with van der Waals surface area (Å²) in [6.07, 6.45) is 25.9. The fourth-order valence-corrected chi connectivity index (χ4v) is 9.98. The molecule has 16 rings (SSSR count). The van der Waals surface area contributed by atoms with Crippen molar-refractivity contribution in [1.82, 2.24) is 0 Å². The Hall–Kier alpha value is -6.66. The Kier molecular flexibility index (Phi) is 13.8. The molecule has 3 fully saturated rings. The van der Waals surface area contributed by atoms with Gasteiger partial charge in [-0.15, -0.1) is 0 Å². The van der Waals surface area contributed by atoms with Crippen molar-refractivity contribution in [1.29, 1.82) is 0 Å². The summed E-state index contributed by atoms with van der Waals surface area (Å²) in [5.41, 5.74) is 13.9. The maximum absolute atomic E-state index is 5.10. The lowest BCUT2D eigenvalue weighted by molar-refractivity contribution is 0.390. The number of benzene rings is 6. The minimum atomic E-state index is 0.192. The van der Waals surface area contributed by atoms with Crippen LogP contribution in [0, 0.1) is 0 Å². The number of aliphatic imine (C=N–C) groups is 6. The van der Waals surface area contributed by atoms with E-state index in [2.05, 4.69) is 146 Å². The molecule has 3 saturated carbocycles. The highest BCUT2D eigenvalue weighted by Gasteiger charge is 2.25. The van der Waals surface area contributed by atoms with E-state index in [4.69, 9.17) is 30.0 Å². The largest absolute Gasteiger partial charge is 0.287 e. The van der Waals surface area contributed by atoms with Gasteiger partial charge < -0.3 is 0 Å². The SMILES string of the molecule is C1=N[C@@H]2CCCC[C@H]2N=Cc2ccc(cc2)-c2ccc(cc2)C=N[C@@H]2CCCC[C@H]2N=Cc2ccc(cc2)-c2ccc(cc2)C=N[C@@H]2CCCC[C@H]2N=Cc2ccc(cc2)-c2ccc1cc2. The lowest BCUT2D eigenvalue weighted by atomic mass is 9.91. The van der Waals surface area contributed by atoms with Crippen molar-refractivity contribution in [2.75, 3.05) is 0 Å². The molecule has 6 heteroatoms. The average molecular weight is 865 g/mol. The second-order valence-electron chi connectivity index (χ2n) is 18.7. The monoisotopic (exact) mass is 864 g/mol. The van der Waals surface area contributed by atoms with E-state index in [-0.39, 0.29) is 36.3 Å². The Balaban J connectivity index is 0.889. The Bertz CT molecular complexity index is 2200. The summed E-state index contributed by atoms with van der Waals surface area (Å²) in [7, 11) is 0. The van der Waals surface area contributed by atoms with Crippen LogP contribution < -0.4 is 0 Å². The molecule has 6 aromatic carbocycles. The third kappa shape index (κ3) is 11.1. The van der Waals surface area contributed by atoms with Crippen molar-refractivity contribution in [2.45, 2.75) is 113 Å². The van der Waals surface area contributed by atoms with Gasteiger partial charge in [0.05, 0.1) is 36.3 Å². The molecule has 0 radical (unpaired) electrons. The molecule has 66 heavy (non-hydrogen) atoms. The third-order valence-corrected chi connectivity index (χ3v) is 14.0. The lowest BCUT2D eigenvalue weighted by Gasteiger charge is -2.25. The van der Waals surface area contributed by atoms with Crippen molar-refractivity contribution in [3.63, 3.8) is 0 Å². The van der Waals surface area contributed by atoms with Gasteiger partial charge in [-0.3, -0.25) is 30.0 Å². The van der Waals surface area contributed by atoms with E-state index in [1.807, 2.05) is 37.3 Å². The molecule has 0 saturated heterocycles. The number of hydrogen-bond acceptors (Lipinski definition) is 6. The van der Waals surface area contributed by atoms with Crippen LogP contribution in [0.15, 0.2) is 176 Å². The fraction of sp³-hybridized carbons (Fsp3) is 0.300. The molecular formula is C60H60N6. The lowest BCUT2D eigenvalue weighted by Crippen LogP contribution is -2.27. The summed E-state index contributed by atoms with van der Waals surface area (Å²) >= 11 is 0. The van der Waals surface area contributed by atoms with Gasteiger partial charge in [-0.2, -0.15) is 0 Å². The number of hydrogen-bond donors (Lipinski definition) is 0. The summed E-state index contributed by atoms with van der Waals surface area (Å²) in [5.74, 6) is 0. The van der Waals surface area contributed by atoms with Crippen LogP contribution in [0.5, 0.6) is 0 Å². The molecular weight excluding hydrogens is 805 g/mol. The van der Waals surface area contributed by atoms with Crippen molar-refractivity contribution < 1.29 is 0 Å². The maximum Gasteiger partial charge on any atom is 0.0723 e. The number of fused-ring (bicyclic) bond motifs is 6. The van der Waals surface area contributed by atoms with Gasteiger partial charge in [-0.1, -0.05) is 184 Å². The molecule has 330 valence electrons. The highest BCUT2D eigenvalue weighted by atomic mass is 14.9. The van der Waals surface area contributed by atoms with Gasteiger partial charge in [-0.05, 0) is 105 Å². The van der Waals surface area contributed by atoms with E-state index in [1.165, 1.54) is 71.9 Å². The molecule has 7 heterocycles.